The smallest absolute Gasteiger partial charge is 0.323 e. The maximum absolute atomic E-state index is 12.4. The molecule has 2 amide bonds. The third kappa shape index (κ3) is 6.08. The molecule has 0 aliphatic carbocycles. The summed E-state index contributed by atoms with van der Waals surface area (Å²) in [6.45, 7) is 2.33. The van der Waals surface area contributed by atoms with E-state index in [0.29, 0.717) is 25.3 Å². The molecule has 0 bridgehead atoms. The van der Waals surface area contributed by atoms with E-state index in [1.807, 2.05) is 35.2 Å². The zero-order valence-electron chi connectivity index (χ0n) is 14.4. The van der Waals surface area contributed by atoms with Gasteiger partial charge >= 0.3 is 5.97 Å². The van der Waals surface area contributed by atoms with Gasteiger partial charge in [-0.05, 0) is 31.4 Å². The number of aliphatic carboxylic acids is 1. The molecule has 1 N–H and O–H groups in total. The summed E-state index contributed by atoms with van der Waals surface area (Å²) >= 11 is 1.52. The largest absolute Gasteiger partial charge is 0.480 e. The molecule has 1 aromatic rings. The molecule has 136 valence electrons. The van der Waals surface area contributed by atoms with Crippen molar-refractivity contribution < 1.29 is 19.5 Å². The van der Waals surface area contributed by atoms with E-state index in [2.05, 4.69) is 0 Å². The van der Waals surface area contributed by atoms with E-state index in [9.17, 15) is 14.4 Å². The number of benzene rings is 1. The Labute approximate surface area is 152 Å². The van der Waals surface area contributed by atoms with Crippen molar-refractivity contribution >= 4 is 29.5 Å². The highest BCUT2D eigenvalue weighted by Crippen LogP contribution is 2.20. The van der Waals surface area contributed by atoms with E-state index in [4.69, 9.17) is 5.11 Å². The Balaban J connectivity index is 1.88. The van der Waals surface area contributed by atoms with Crippen LogP contribution in [0.1, 0.15) is 26.2 Å². The lowest BCUT2D eigenvalue weighted by atomic mass is 10.1. The van der Waals surface area contributed by atoms with E-state index in [0.717, 1.165) is 17.7 Å². The third-order valence-corrected chi connectivity index (χ3v) is 5.30. The number of amides is 2. The Morgan fingerprint density at radius 3 is 2.56 bits per heavy atom. The van der Waals surface area contributed by atoms with Crippen LogP contribution in [0.25, 0.3) is 0 Å². The molecule has 1 atom stereocenters. The fraction of sp³-hybridized carbons (Fsp3) is 0.500. The van der Waals surface area contributed by atoms with Crippen molar-refractivity contribution in [1.29, 1.82) is 0 Å². The normalized spacial score (nSPS) is 17.6. The van der Waals surface area contributed by atoms with Gasteiger partial charge in [0.05, 0.1) is 5.75 Å². The SMILES string of the molecule is CC(=O)N(CC(=O)O)C1CCCN(C(=O)CSc2ccccc2)CC1. The molecule has 1 heterocycles. The standard InChI is InChI=1S/C18H24N2O4S/c1-14(21)20(12-18(23)24)15-6-5-10-19(11-9-15)17(22)13-25-16-7-3-2-4-8-16/h2-4,7-8,15H,5-6,9-13H2,1H3,(H,23,24). The van der Waals surface area contributed by atoms with Gasteiger partial charge in [0, 0.05) is 31.0 Å². The molecule has 1 aliphatic rings. The summed E-state index contributed by atoms with van der Waals surface area (Å²) < 4.78 is 0. The number of thioether (sulfide) groups is 1. The lowest BCUT2D eigenvalue weighted by molar-refractivity contribution is -0.145. The molecule has 2 rings (SSSR count). The minimum atomic E-state index is -1.01. The maximum Gasteiger partial charge on any atom is 0.323 e. The summed E-state index contributed by atoms with van der Waals surface area (Å²) in [4.78, 5) is 39.5. The van der Waals surface area contributed by atoms with Crippen LogP contribution in [0.5, 0.6) is 0 Å². The molecule has 1 aliphatic heterocycles. The minimum Gasteiger partial charge on any atom is -0.480 e. The van der Waals surface area contributed by atoms with Crippen LogP contribution in [0.3, 0.4) is 0 Å². The number of hydrogen-bond donors (Lipinski definition) is 1. The topological polar surface area (TPSA) is 77.9 Å². The van der Waals surface area contributed by atoms with E-state index < -0.39 is 5.97 Å². The number of hydrogen-bond acceptors (Lipinski definition) is 4. The fourth-order valence-corrected chi connectivity index (χ4v) is 3.86. The van der Waals surface area contributed by atoms with Crippen molar-refractivity contribution in [3.63, 3.8) is 0 Å². The Kier molecular flexibility index (Phi) is 7.31. The van der Waals surface area contributed by atoms with Crippen LogP contribution in [0.15, 0.2) is 35.2 Å². The van der Waals surface area contributed by atoms with Crippen LogP contribution in [0.4, 0.5) is 0 Å². The van der Waals surface area contributed by atoms with Crippen LogP contribution in [0.2, 0.25) is 0 Å². The van der Waals surface area contributed by atoms with Crippen molar-refractivity contribution in [3.05, 3.63) is 30.3 Å². The summed E-state index contributed by atoms with van der Waals surface area (Å²) in [5.74, 6) is -0.763. The lowest BCUT2D eigenvalue weighted by Gasteiger charge is -2.28. The molecule has 1 unspecified atom stereocenters. The summed E-state index contributed by atoms with van der Waals surface area (Å²) in [7, 11) is 0. The fourth-order valence-electron chi connectivity index (χ4n) is 3.04. The number of nitrogens with zero attached hydrogens (tertiary/aromatic N) is 2. The van der Waals surface area contributed by atoms with Gasteiger partial charge in [-0.25, -0.2) is 0 Å². The zero-order chi connectivity index (χ0) is 18.2. The van der Waals surface area contributed by atoms with Crippen molar-refractivity contribution in [3.8, 4) is 0 Å². The first-order chi connectivity index (χ1) is 12.0. The molecule has 6 nitrogen and oxygen atoms in total. The molecular weight excluding hydrogens is 340 g/mol. The number of carboxylic acid groups (broad SMARTS) is 1. The predicted octanol–water partition coefficient (Wildman–Crippen LogP) is 2.09. The van der Waals surface area contributed by atoms with Gasteiger partial charge in [-0.3, -0.25) is 14.4 Å². The average molecular weight is 364 g/mol. The molecule has 1 fully saturated rings. The second kappa shape index (κ2) is 9.46. The van der Waals surface area contributed by atoms with Gasteiger partial charge in [0.2, 0.25) is 11.8 Å². The number of carbonyl (C=O) groups is 3. The van der Waals surface area contributed by atoms with E-state index in [1.54, 1.807) is 0 Å². The molecule has 1 saturated heterocycles. The number of likely N-dealkylation sites (tertiary alicyclic amines) is 1. The third-order valence-electron chi connectivity index (χ3n) is 4.31. The van der Waals surface area contributed by atoms with Gasteiger partial charge in [0.15, 0.2) is 0 Å². The van der Waals surface area contributed by atoms with Crippen molar-refractivity contribution in [2.45, 2.75) is 37.1 Å². The monoisotopic (exact) mass is 364 g/mol. The first kappa shape index (κ1) is 19.3. The number of rotatable bonds is 6. The van der Waals surface area contributed by atoms with Crippen LogP contribution in [-0.2, 0) is 14.4 Å². The van der Waals surface area contributed by atoms with Gasteiger partial charge in [-0.2, -0.15) is 0 Å². The zero-order valence-corrected chi connectivity index (χ0v) is 15.2. The summed E-state index contributed by atoms with van der Waals surface area (Å²) in [6, 6.07) is 9.68. The van der Waals surface area contributed by atoms with Crippen molar-refractivity contribution in [2.24, 2.45) is 0 Å². The van der Waals surface area contributed by atoms with E-state index >= 15 is 0 Å². The number of carbonyl (C=O) groups excluding carboxylic acids is 2. The summed E-state index contributed by atoms with van der Waals surface area (Å²) in [6.07, 6.45) is 2.12. The highest BCUT2D eigenvalue weighted by molar-refractivity contribution is 8.00. The van der Waals surface area contributed by atoms with Crippen LogP contribution in [0, 0.1) is 0 Å². The van der Waals surface area contributed by atoms with Crippen LogP contribution in [-0.4, -0.2) is 64.1 Å². The average Bonchev–Trinajstić information content (AvgIpc) is 2.84. The second-order valence-corrected chi connectivity index (χ2v) is 7.16. The minimum absolute atomic E-state index is 0.0853. The van der Waals surface area contributed by atoms with Crippen molar-refractivity contribution in [1.82, 2.24) is 9.80 Å². The van der Waals surface area contributed by atoms with Gasteiger partial charge < -0.3 is 14.9 Å². The summed E-state index contributed by atoms with van der Waals surface area (Å²) in [5.41, 5.74) is 0. The highest BCUT2D eigenvalue weighted by atomic mass is 32.2. The molecule has 0 saturated carbocycles. The van der Waals surface area contributed by atoms with Gasteiger partial charge in [-0.15, -0.1) is 11.8 Å². The molecular formula is C18H24N2O4S. The first-order valence-electron chi connectivity index (χ1n) is 8.42. The Hall–Kier alpha value is -2.02. The van der Waals surface area contributed by atoms with Gasteiger partial charge in [0.1, 0.15) is 6.54 Å². The molecule has 0 spiro atoms. The maximum atomic E-state index is 12.4. The molecule has 0 aromatic heterocycles. The molecule has 0 radical (unpaired) electrons. The van der Waals surface area contributed by atoms with Crippen LogP contribution >= 0.6 is 11.8 Å². The highest BCUT2D eigenvalue weighted by Gasteiger charge is 2.27. The first-order valence-corrected chi connectivity index (χ1v) is 9.40. The molecule has 25 heavy (non-hydrogen) atoms. The Morgan fingerprint density at radius 2 is 1.92 bits per heavy atom. The van der Waals surface area contributed by atoms with Crippen LogP contribution < -0.4 is 0 Å². The lowest BCUT2D eigenvalue weighted by Crippen LogP contribution is -2.43. The van der Waals surface area contributed by atoms with E-state index in [1.165, 1.54) is 23.6 Å². The quantitative estimate of drug-likeness (QED) is 0.782. The van der Waals surface area contributed by atoms with Gasteiger partial charge in [0.25, 0.3) is 0 Å². The molecule has 1 aromatic carbocycles. The Morgan fingerprint density at radius 1 is 1.20 bits per heavy atom. The number of carboxylic acids is 1. The van der Waals surface area contributed by atoms with Crippen molar-refractivity contribution in [2.75, 3.05) is 25.4 Å². The van der Waals surface area contributed by atoms with Gasteiger partial charge in [-0.1, -0.05) is 18.2 Å². The second-order valence-electron chi connectivity index (χ2n) is 6.11. The van der Waals surface area contributed by atoms with E-state index in [-0.39, 0.29) is 24.4 Å². The predicted molar refractivity (Wildman–Crippen MR) is 96.4 cm³/mol. The Bertz CT molecular complexity index is 608. The molecule has 7 heteroatoms. The summed E-state index contributed by atoms with van der Waals surface area (Å²) in [5, 5.41) is 8.99.